The second kappa shape index (κ2) is 25.0. The zero-order valence-corrected chi connectivity index (χ0v) is 30.5. The van der Waals surface area contributed by atoms with E-state index < -0.39 is 36.8 Å². The molecule has 6 unspecified atom stereocenters. The molecule has 0 radical (unpaired) electrons. The Labute approximate surface area is 275 Å². The predicted octanol–water partition coefficient (Wildman–Crippen LogP) is 6.31. The zero-order valence-electron chi connectivity index (χ0n) is 26.3. The van der Waals surface area contributed by atoms with Gasteiger partial charge >= 0.3 is 37.3 Å². The molecule has 0 aliphatic heterocycles. The van der Waals surface area contributed by atoms with Crippen molar-refractivity contribution in [2.75, 3.05) is 13.7 Å². The molecule has 0 aromatic carbocycles. The summed E-state index contributed by atoms with van der Waals surface area (Å²) < 4.78 is 43.5. The Balaban J connectivity index is -0.00000203. The van der Waals surface area contributed by atoms with E-state index in [1.807, 2.05) is 20.8 Å². The summed E-state index contributed by atoms with van der Waals surface area (Å²) in [7, 11) is 1.00. The van der Waals surface area contributed by atoms with Crippen LogP contribution in [0.4, 0.5) is 13.2 Å². The molecule has 0 aromatic rings. The summed E-state index contributed by atoms with van der Waals surface area (Å²) in [5.74, 6) is 0.0440. The summed E-state index contributed by atoms with van der Waals surface area (Å²) >= 11 is 0. The maximum atomic E-state index is 12.5. The molecule has 0 saturated heterocycles. The van der Waals surface area contributed by atoms with E-state index in [2.05, 4.69) is 32.5 Å². The van der Waals surface area contributed by atoms with Crippen molar-refractivity contribution in [1.82, 2.24) is 5.32 Å². The Hall–Kier alpha value is -0.218. The minimum absolute atomic E-state index is 0. The summed E-state index contributed by atoms with van der Waals surface area (Å²) in [6.07, 6.45) is 3.57. The number of ether oxygens (including phenoxy) is 1. The first-order chi connectivity index (χ1) is 19.4. The van der Waals surface area contributed by atoms with Crippen molar-refractivity contribution >= 4 is 12.2 Å². The van der Waals surface area contributed by atoms with Gasteiger partial charge in [-0.3, -0.25) is 15.3 Å². The Kier molecular flexibility index (Phi) is 27.5. The van der Waals surface area contributed by atoms with Gasteiger partial charge in [0.25, 0.3) is 0 Å². The van der Waals surface area contributed by atoms with Crippen LogP contribution < -0.4 is 5.32 Å². The van der Waals surface area contributed by atoms with Gasteiger partial charge in [-0.25, -0.2) is 0 Å². The first-order valence-corrected chi connectivity index (χ1v) is 14.8. The predicted molar refractivity (Wildman–Crippen MR) is 153 cm³/mol. The molecule has 8 nitrogen and oxygen atoms in total. The van der Waals surface area contributed by atoms with Gasteiger partial charge in [0, 0.05) is 18.9 Å². The third-order valence-corrected chi connectivity index (χ3v) is 8.40. The topological polar surface area (TPSA) is 136 Å². The molecule has 6 atom stereocenters. The molecule has 2 rings (SSSR count). The van der Waals surface area contributed by atoms with Crippen LogP contribution in [0.5, 0.6) is 0 Å². The third kappa shape index (κ3) is 16.7. The number of aliphatic hydroxyl groups excluding tert-OH is 2. The Morgan fingerprint density at radius 3 is 2.17 bits per heavy atom. The van der Waals surface area contributed by atoms with Crippen LogP contribution in [-0.4, -0.2) is 65.1 Å². The molecule has 2 saturated carbocycles. The van der Waals surface area contributed by atoms with Crippen molar-refractivity contribution < 1.29 is 79.3 Å². The Bertz CT molecular complexity index is 678. The molecule has 42 heavy (non-hydrogen) atoms. The second-order valence-corrected chi connectivity index (χ2v) is 11.1. The first kappa shape index (κ1) is 46.2. The number of aldehydes is 1. The summed E-state index contributed by atoms with van der Waals surface area (Å²) in [5.41, 5.74) is -0.109. The van der Waals surface area contributed by atoms with Gasteiger partial charge in [-0.05, 0) is 31.6 Å². The minimum atomic E-state index is -4.51. The van der Waals surface area contributed by atoms with Gasteiger partial charge in [-0.2, -0.15) is 31.9 Å². The fraction of sp³-hybridized carbons (Fsp3) is 0.867. The zero-order chi connectivity index (χ0) is 32.2. The number of hydrogen-bond donors (Lipinski definition) is 5. The molecule has 2 fully saturated rings. The molecule has 2 aliphatic rings. The number of alkyl halides is 3. The smallest absolute Gasteiger partial charge is 0.400 e. The van der Waals surface area contributed by atoms with Crippen LogP contribution in [0, 0.1) is 79.5 Å². The second-order valence-electron chi connectivity index (χ2n) is 11.1. The van der Waals surface area contributed by atoms with Gasteiger partial charge in [0.15, 0.2) is 6.29 Å². The molecule has 0 spiro atoms. The SMILES string of the molecule is CC.CO.OO.[CH2-]C1(C)C(CC[CH-]C)CCCC1C(C)C(O)OCC1CCC(C(=O)NC(C=O)CC(F)(F)F)CC1.[U+2]. The van der Waals surface area contributed by atoms with E-state index in [9.17, 15) is 27.9 Å². The number of rotatable bonds is 12. The van der Waals surface area contributed by atoms with E-state index in [0.29, 0.717) is 38.2 Å². The van der Waals surface area contributed by atoms with E-state index in [-0.39, 0.29) is 60.6 Å². The quantitative estimate of drug-likeness (QED) is 0.0511. The molecule has 0 heterocycles. The number of nitrogens with one attached hydrogen (secondary N) is 1. The molecule has 0 aromatic heterocycles. The number of carbonyl (C=O) groups excluding carboxylic acids is 2. The largest absolute Gasteiger partial charge is 2.00 e. The van der Waals surface area contributed by atoms with Crippen molar-refractivity contribution in [3.8, 4) is 0 Å². The summed E-state index contributed by atoms with van der Waals surface area (Å²) in [4.78, 5) is 23.2. The number of amides is 1. The number of unbranched alkanes of at least 4 members (excludes halogenated alkanes) is 1. The Morgan fingerprint density at radius 2 is 1.69 bits per heavy atom. The number of hydrogen-bond acceptors (Lipinski definition) is 7. The fourth-order valence-corrected chi connectivity index (χ4v) is 6.11. The van der Waals surface area contributed by atoms with Crippen molar-refractivity contribution in [3.05, 3.63) is 13.3 Å². The molecule has 1 amide bonds. The summed E-state index contributed by atoms with van der Waals surface area (Å²) in [6.45, 7) is 15.3. The van der Waals surface area contributed by atoms with Crippen molar-refractivity contribution in [2.45, 2.75) is 117 Å². The van der Waals surface area contributed by atoms with Crippen LogP contribution in [0.15, 0.2) is 0 Å². The fourth-order valence-electron chi connectivity index (χ4n) is 6.11. The number of halogens is 3. The van der Waals surface area contributed by atoms with Gasteiger partial charge in [-0.1, -0.05) is 65.2 Å². The molecule has 0 bridgehead atoms. The van der Waals surface area contributed by atoms with Crippen molar-refractivity contribution in [2.24, 2.45) is 35.0 Å². The van der Waals surface area contributed by atoms with Crippen LogP contribution in [-0.2, 0) is 14.3 Å². The van der Waals surface area contributed by atoms with Crippen molar-refractivity contribution in [3.63, 3.8) is 0 Å². The molecule has 248 valence electrons. The average molecular weight is 838 g/mol. The molecule has 2 aliphatic carbocycles. The van der Waals surface area contributed by atoms with Crippen molar-refractivity contribution in [1.29, 1.82) is 0 Å². The Morgan fingerprint density at radius 1 is 1.14 bits per heavy atom. The maximum Gasteiger partial charge on any atom is 2.00 e. The van der Waals surface area contributed by atoms with E-state index in [4.69, 9.17) is 20.4 Å². The third-order valence-electron chi connectivity index (χ3n) is 8.40. The van der Waals surface area contributed by atoms with E-state index in [1.54, 1.807) is 0 Å². The van der Waals surface area contributed by atoms with Crippen LogP contribution in [0.1, 0.15) is 98.8 Å². The van der Waals surface area contributed by atoms with Gasteiger partial charge in [0.2, 0.25) is 5.91 Å². The van der Waals surface area contributed by atoms with Gasteiger partial charge in [0.1, 0.15) is 6.29 Å². The van der Waals surface area contributed by atoms with Gasteiger partial charge in [0.05, 0.1) is 19.1 Å². The minimum Gasteiger partial charge on any atom is -0.400 e. The van der Waals surface area contributed by atoms with Crippen LogP contribution in [0.3, 0.4) is 0 Å². The van der Waals surface area contributed by atoms with E-state index in [1.165, 1.54) is 6.42 Å². The normalized spacial score (nSPS) is 27.5. The van der Waals surface area contributed by atoms with Crippen LogP contribution >= 0.6 is 0 Å². The average Bonchev–Trinajstić information content (AvgIpc) is 2.97. The number of aliphatic hydroxyl groups is 2. The van der Waals surface area contributed by atoms with Crippen LogP contribution in [0.25, 0.3) is 0 Å². The number of carbonyl (C=O) groups is 2. The van der Waals surface area contributed by atoms with E-state index >= 15 is 0 Å². The summed E-state index contributed by atoms with van der Waals surface area (Å²) in [6, 6.07) is -1.54. The molecular weight excluding hydrogens is 781 g/mol. The standard InChI is InChI=1S/C27H44F3NO4.C2H6.CH4O.H2O2.U/c1-5-6-8-21-9-7-10-23(26(21,3)4)18(2)25(34)35-17-19-11-13-20(14-12-19)24(33)31-22(16-32)15-27(28,29)30;3*1-2;/h5,16,18-23,25,34H,3,6-15,17H2,1-2,4H3,(H,31,33);1-2H3;2H,1H3;1-2H;/q-2;;;;+2. The molecular formula is C30H56F3NO7U. The van der Waals surface area contributed by atoms with E-state index in [0.717, 1.165) is 32.8 Å². The van der Waals surface area contributed by atoms with Gasteiger partial charge < -0.3 is 38.4 Å². The molecule has 5 N–H and O–H groups in total. The monoisotopic (exact) mass is 837 g/mol. The van der Waals surface area contributed by atoms with Gasteiger partial charge in [-0.15, -0.1) is 0 Å². The molecule has 12 heteroatoms. The summed E-state index contributed by atoms with van der Waals surface area (Å²) in [5, 5.41) is 32.0. The van der Waals surface area contributed by atoms with Crippen LogP contribution in [0.2, 0.25) is 0 Å². The first-order valence-electron chi connectivity index (χ1n) is 14.8. The maximum absolute atomic E-state index is 12.5.